The van der Waals surface area contributed by atoms with Crippen LogP contribution in [0.15, 0.2) is 60.1 Å². The van der Waals surface area contributed by atoms with Crippen LogP contribution in [0.5, 0.6) is 0 Å². The van der Waals surface area contributed by atoms with E-state index in [0.717, 1.165) is 21.9 Å². The van der Waals surface area contributed by atoms with Gasteiger partial charge in [-0.05, 0) is 30.3 Å². The van der Waals surface area contributed by atoms with Crippen molar-refractivity contribution in [3.8, 4) is 11.3 Å². The van der Waals surface area contributed by atoms with E-state index in [4.69, 9.17) is 0 Å². The predicted molar refractivity (Wildman–Crippen MR) is 125 cm³/mol. The molecule has 0 aliphatic carbocycles. The Hall–Kier alpha value is -3.65. The van der Waals surface area contributed by atoms with Gasteiger partial charge < -0.3 is 15.1 Å². The molecular formula is C23H23N5O2S. The molecule has 2 aromatic heterocycles. The second kappa shape index (κ2) is 8.23. The van der Waals surface area contributed by atoms with E-state index in [-0.39, 0.29) is 11.8 Å². The van der Waals surface area contributed by atoms with E-state index >= 15 is 0 Å². The van der Waals surface area contributed by atoms with Gasteiger partial charge in [0.15, 0.2) is 4.96 Å². The summed E-state index contributed by atoms with van der Waals surface area (Å²) in [4.78, 5) is 33.8. The highest BCUT2D eigenvalue weighted by molar-refractivity contribution is 7.15. The number of fused-ring (bicyclic) bond motifs is 1. The number of hydrogen-bond donors (Lipinski definition) is 1. The Kier molecular flexibility index (Phi) is 5.48. The lowest BCUT2D eigenvalue weighted by Crippen LogP contribution is -2.22. The van der Waals surface area contributed by atoms with Crippen molar-refractivity contribution in [2.45, 2.75) is 0 Å². The third-order valence-electron chi connectivity index (χ3n) is 4.90. The maximum atomic E-state index is 12.6. The molecule has 2 aromatic carbocycles. The number of anilines is 2. The van der Waals surface area contributed by atoms with Crippen LogP contribution in [0.1, 0.15) is 20.8 Å². The molecule has 0 aliphatic rings. The first-order valence-electron chi connectivity index (χ1n) is 9.71. The number of carbonyl (C=O) groups is 2. The monoisotopic (exact) mass is 433 g/mol. The zero-order valence-corrected chi connectivity index (χ0v) is 18.6. The number of aromatic nitrogens is 2. The Morgan fingerprint density at radius 3 is 2.45 bits per heavy atom. The topological polar surface area (TPSA) is 70.0 Å². The highest BCUT2D eigenvalue weighted by atomic mass is 32.1. The standard InChI is InChI=1S/C23H23N5O2S/c1-26(2)18-7-5-6-16(12-18)21(29)24-17-10-8-15(9-11-17)19-13-28-20(22(30)27(3)4)14-31-23(28)25-19/h5-14H,1-4H3,(H,24,29). The van der Waals surface area contributed by atoms with Crippen LogP contribution >= 0.6 is 11.3 Å². The van der Waals surface area contributed by atoms with Crippen molar-refractivity contribution >= 4 is 39.5 Å². The Labute approximate surface area is 184 Å². The van der Waals surface area contributed by atoms with Crippen LogP contribution in [-0.4, -0.2) is 54.3 Å². The largest absolute Gasteiger partial charge is 0.378 e. The first-order valence-corrected chi connectivity index (χ1v) is 10.6. The lowest BCUT2D eigenvalue weighted by molar-refractivity contribution is 0.0821. The minimum Gasteiger partial charge on any atom is -0.378 e. The average Bonchev–Trinajstić information content (AvgIpc) is 3.34. The SMILES string of the molecule is CN(C)C(=O)c1csc2nc(-c3ccc(NC(=O)c4cccc(N(C)C)c4)cc3)cn12. The summed E-state index contributed by atoms with van der Waals surface area (Å²) in [5.41, 5.74) is 4.54. The van der Waals surface area contributed by atoms with Crippen LogP contribution in [0.25, 0.3) is 16.2 Å². The number of imidazole rings is 1. The highest BCUT2D eigenvalue weighted by Gasteiger charge is 2.16. The van der Waals surface area contributed by atoms with Crippen molar-refractivity contribution in [2.24, 2.45) is 0 Å². The number of nitrogens with zero attached hydrogens (tertiary/aromatic N) is 4. The normalized spacial score (nSPS) is 10.8. The van der Waals surface area contributed by atoms with Crippen molar-refractivity contribution in [3.63, 3.8) is 0 Å². The van der Waals surface area contributed by atoms with E-state index in [1.54, 1.807) is 25.1 Å². The molecule has 1 N–H and O–H groups in total. The lowest BCUT2D eigenvalue weighted by Gasteiger charge is -2.13. The Morgan fingerprint density at radius 1 is 1.03 bits per heavy atom. The van der Waals surface area contributed by atoms with E-state index in [0.29, 0.717) is 16.9 Å². The molecule has 0 spiro atoms. The van der Waals surface area contributed by atoms with Crippen molar-refractivity contribution in [1.82, 2.24) is 14.3 Å². The highest BCUT2D eigenvalue weighted by Crippen LogP contribution is 2.25. The van der Waals surface area contributed by atoms with Crippen molar-refractivity contribution < 1.29 is 9.59 Å². The number of amides is 2. The van der Waals surface area contributed by atoms with Crippen LogP contribution in [0.2, 0.25) is 0 Å². The molecule has 0 aliphatic heterocycles. The Bertz CT molecular complexity index is 1250. The smallest absolute Gasteiger partial charge is 0.271 e. The van der Waals surface area contributed by atoms with Crippen LogP contribution in [-0.2, 0) is 0 Å². The molecule has 4 aromatic rings. The van der Waals surface area contributed by atoms with Gasteiger partial charge in [0, 0.05) is 62.3 Å². The molecule has 8 heteroatoms. The van der Waals surface area contributed by atoms with Crippen molar-refractivity contribution in [1.29, 1.82) is 0 Å². The van der Waals surface area contributed by atoms with Gasteiger partial charge in [-0.1, -0.05) is 18.2 Å². The molecule has 0 radical (unpaired) electrons. The Balaban J connectivity index is 1.53. The first kappa shape index (κ1) is 20.6. The summed E-state index contributed by atoms with van der Waals surface area (Å²) in [5, 5.41) is 4.75. The van der Waals surface area contributed by atoms with Gasteiger partial charge in [-0.25, -0.2) is 4.98 Å². The molecule has 0 bridgehead atoms. The molecule has 0 fully saturated rings. The number of nitrogens with one attached hydrogen (secondary N) is 1. The van der Waals surface area contributed by atoms with Gasteiger partial charge >= 0.3 is 0 Å². The number of benzene rings is 2. The third kappa shape index (κ3) is 4.15. The summed E-state index contributed by atoms with van der Waals surface area (Å²) >= 11 is 1.43. The molecule has 0 atom stereocenters. The second-order valence-electron chi connectivity index (χ2n) is 7.58. The summed E-state index contributed by atoms with van der Waals surface area (Å²) in [6.45, 7) is 0. The van der Waals surface area contributed by atoms with Crippen molar-refractivity contribution in [3.05, 3.63) is 71.4 Å². The minimum atomic E-state index is -0.161. The lowest BCUT2D eigenvalue weighted by atomic mass is 10.1. The molecule has 2 amide bonds. The van der Waals surface area contributed by atoms with Crippen LogP contribution in [0.3, 0.4) is 0 Å². The van der Waals surface area contributed by atoms with Gasteiger partial charge in [0.05, 0.1) is 5.69 Å². The maximum Gasteiger partial charge on any atom is 0.271 e. The predicted octanol–water partition coefficient (Wildman–Crippen LogP) is 4.08. The average molecular weight is 434 g/mol. The van der Waals surface area contributed by atoms with Crippen LogP contribution < -0.4 is 10.2 Å². The zero-order chi connectivity index (χ0) is 22.1. The molecule has 4 rings (SSSR count). The van der Waals surface area contributed by atoms with Gasteiger partial charge in [-0.15, -0.1) is 11.3 Å². The van der Waals surface area contributed by atoms with E-state index in [2.05, 4.69) is 10.3 Å². The van der Waals surface area contributed by atoms with E-state index < -0.39 is 0 Å². The first-order chi connectivity index (χ1) is 14.8. The molecule has 0 unspecified atom stereocenters. The fourth-order valence-corrected chi connectivity index (χ4v) is 4.01. The van der Waals surface area contributed by atoms with Crippen molar-refractivity contribution in [2.75, 3.05) is 38.4 Å². The maximum absolute atomic E-state index is 12.6. The third-order valence-corrected chi connectivity index (χ3v) is 5.74. The molecule has 2 heterocycles. The quantitative estimate of drug-likeness (QED) is 0.515. The molecule has 158 valence electrons. The summed E-state index contributed by atoms with van der Waals surface area (Å²) in [7, 11) is 7.34. The van der Waals surface area contributed by atoms with Gasteiger partial charge in [0.25, 0.3) is 11.8 Å². The zero-order valence-electron chi connectivity index (χ0n) is 17.8. The molecule has 0 saturated carbocycles. The van der Waals surface area contributed by atoms with Crippen LogP contribution in [0.4, 0.5) is 11.4 Å². The summed E-state index contributed by atoms with van der Waals surface area (Å²) in [6, 6.07) is 15.0. The van der Waals surface area contributed by atoms with Gasteiger partial charge in [0.2, 0.25) is 0 Å². The van der Waals surface area contributed by atoms with E-state index in [1.165, 1.54) is 11.3 Å². The number of hydrogen-bond acceptors (Lipinski definition) is 5. The van der Waals surface area contributed by atoms with E-state index in [9.17, 15) is 9.59 Å². The summed E-state index contributed by atoms with van der Waals surface area (Å²) < 4.78 is 1.82. The fraction of sp³-hybridized carbons (Fsp3) is 0.174. The summed E-state index contributed by atoms with van der Waals surface area (Å²) in [5.74, 6) is -0.225. The molecular weight excluding hydrogens is 410 g/mol. The van der Waals surface area contributed by atoms with Gasteiger partial charge in [-0.2, -0.15) is 0 Å². The summed E-state index contributed by atoms with van der Waals surface area (Å²) in [6.07, 6.45) is 1.86. The number of carbonyl (C=O) groups excluding carboxylic acids is 2. The Morgan fingerprint density at radius 2 is 1.77 bits per heavy atom. The second-order valence-corrected chi connectivity index (χ2v) is 8.41. The molecule has 0 saturated heterocycles. The van der Waals surface area contributed by atoms with Crippen LogP contribution in [0, 0.1) is 0 Å². The van der Waals surface area contributed by atoms with E-state index in [1.807, 2.05) is 77.4 Å². The number of rotatable bonds is 5. The fourth-order valence-electron chi connectivity index (χ4n) is 3.16. The van der Waals surface area contributed by atoms with Gasteiger partial charge in [0.1, 0.15) is 5.69 Å². The molecule has 31 heavy (non-hydrogen) atoms. The molecule has 7 nitrogen and oxygen atoms in total. The number of thiazole rings is 1. The minimum absolute atomic E-state index is 0.0633. The van der Waals surface area contributed by atoms with Gasteiger partial charge in [-0.3, -0.25) is 14.0 Å².